The van der Waals surface area contributed by atoms with Gasteiger partial charge >= 0.3 is 0 Å². The summed E-state index contributed by atoms with van der Waals surface area (Å²) in [5.41, 5.74) is 0. The average Bonchev–Trinajstić information content (AvgIpc) is 2.50. The molecule has 0 saturated carbocycles. The van der Waals surface area contributed by atoms with Crippen LogP contribution in [0, 0.1) is 0 Å². The Kier molecular flexibility index (Phi) is 17.5. The Balaban J connectivity index is 3.37. The van der Waals surface area contributed by atoms with Gasteiger partial charge in [-0.05, 0) is 38.5 Å². The molecule has 118 valence electrons. The van der Waals surface area contributed by atoms with E-state index >= 15 is 0 Å². The Bertz CT molecular complexity index is 332. The molecule has 0 saturated heterocycles. The normalized spacial score (nSPS) is 13.0. The van der Waals surface area contributed by atoms with Gasteiger partial charge < -0.3 is 5.11 Å². The fourth-order valence-electron chi connectivity index (χ4n) is 1.84. The molecule has 0 aromatic carbocycles. The van der Waals surface area contributed by atoms with Gasteiger partial charge in [0.2, 0.25) is 0 Å². The minimum atomic E-state index is 0.221. The summed E-state index contributed by atoms with van der Waals surface area (Å²) in [6.45, 7) is 2.40. The maximum absolute atomic E-state index is 8.59. The lowest BCUT2D eigenvalue weighted by Crippen LogP contribution is -1.76. The van der Waals surface area contributed by atoms with Crippen LogP contribution in [0.2, 0.25) is 0 Å². The van der Waals surface area contributed by atoms with Crippen LogP contribution in [-0.4, -0.2) is 11.7 Å². The molecule has 1 nitrogen and oxygen atoms in total. The van der Waals surface area contributed by atoms with E-state index in [4.69, 9.17) is 5.11 Å². The van der Waals surface area contributed by atoms with E-state index in [2.05, 4.69) is 37.3 Å². The van der Waals surface area contributed by atoms with Crippen molar-refractivity contribution in [3.8, 4) is 0 Å². The highest BCUT2D eigenvalue weighted by molar-refractivity contribution is 5.15. The molecule has 21 heavy (non-hydrogen) atoms. The number of hydrogen-bond acceptors (Lipinski definition) is 1. The zero-order chi connectivity index (χ0) is 15.4. The summed E-state index contributed by atoms with van der Waals surface area (Å²) >= 11 is 0. The van der Waals surface area contributed by atoms with E-state index in [0.29, 0.717) is 0 Å². The highest BCUT2D eigenvalue weighted by Gasteiger charge is 1.86. The van der Waals surface area contributed by atoms with Crippen LogP contribution in [0.25, 0.3) is 0 Å². The summed E-state index contributed by atoms with van der Waals surface area (Å²) in [6.07, 6.45) is 30.5. The van der Waals surface area contributed by atoms with Crippen molar-refractivity contribution < 1.29 is 5.11 Å². The van der Waals surface area contributed by atoms with Gasteiger partial charge in [0.15, 0.2) is 0 Å². The molecule has 0 spiro atoms. The van der Waals surface area contributed by atoms with E-state index < -0.39 is 0 Å². The van der Waals surface area contributed by atoms with Gasteiger partial charge in [0.1, 0.15) is 0 Å². The molecule has 0 aliphatic carbocycles. The molecule has 0 aromatic heterocycles. The Morgan fingerprint density at radius 3 is 1.67 bits per heavy atom. The summed E-state index contributed by atoms with van der Waals surface area (Å²) in [4.78, 5) is 0. The highest BCUT2D eigenvalue weighted by atomic mass is 16.2. The monoisotopic (exact) mass is 288 g/mol. The first-order chi connectivity index (χ1) is 10.4. The van der Waals surface area contributed by atoms with Gasteiger partial charge in [0, 0.05) is 6.61 Å². The first-order valence-electron chi connectivity index (χ1n) is 8.32. The molecular weight excluding hydrogens is 256 g/mol. The number of aliphatic hydroxyl groups excluding tert-OH is 1. The van der Waals surface area contributed by atoms with Crippen molar-refractivity contribution in [3.05, 3.63) is 60.8 Å². The van der Waals surface area contributed by atoms with Crippen molar-refractivity contribution in [2.45, 2.75) is 58.3 Å². The van der Waals surface area contributed by atoms with Crippen LogP contribution in [0.5, 0.6) is 0 Å². The van der Waals surface area contributed by atoms with E-state index in [1.165, 1.54) is 38.5 Å². The molecule has 0 radical (unpaired) electrons. The molecule has 1 heteroatoms. The molecule has 1 N–H and O–H groups in total. The Morgan fingerprint density at radius 2 is 1.10 bits per heavy atom. The predicted molar refractivity (Wildman–Crippen MR) is 95.4 cm³/mol. The number of unbranched alkanes of at least 4 members (excludes halogenated alkanes) is 5. The smallest absolute Gasteiger partial charge is 0.0465 e. The van der Waals surface area contributed by atoms with Crippen molar-refractivity contribution in [1.29, 1.82) is 0 Å². The Morgan fingerprint density at radius 1 is 0.571 bits per heavy atom. The molecule has 0 rings (SSSR count). The number of aliphatic hydroxyl groups is 1. The van der Waals surface area contributed by atoms with Crippen LogP contribution in [-0.2, 0) is 0 Å². The second kappa shape index (κ2) is 18.7. The first-order valence-corrected chi connectivity index (χ1v) is 8.32. The third-order valence-corrected chi connectivity index (χ3v) is 3.02. The van der Waals surface area contributed by atoms with Crippen LogP contribution >= 0.6 is 0 Å². The topological polar surface area (TPSA) is 20.2 Å². The first kappa shape index (κ1) is 19.7. The lowest BCUT2D eigenvalue weighted by atomic mass is 10.1. The average molecular weight is 288 g/mol. The molecule has 0 atom stereocenters. The molecule has 0 bridgehead atoms. The molecule has 0 amide bonds. The minimum absolute atomic E-state index is 0.221. The van der Waals surface area contributed by atoms with Crippen molar-refractivity contribution >= 4 is 0 Å². The maximum atomic E-state index is 8.59. The highest BCUT2D eigenvalue weighted by Crippen LogP contribution is 2.06. The summed E-state index contributed by atoms with van der Waals surface area (Å²) in [5, 5.41) is 8.59. The summed E-state index contributed by atoms with van der Waals surface area (Å²) in [6, 6.07) is 0. The van der Waals surface area contributed by atoms with Crippen molar-refractivity contribution in [1.82, 2.24) is 0 Å². The van der Waals surface area contributed by atoms with Crippen LogP contribution in [0.3, 0.4) is 0 Å². The van der Waals surface area contributed by atoms with Gasteiger partial charge in [0.05, 0.1) is 0 Å². The summed E-state index contributed by atoms with van der Waals surface area (Å²) in [7, 11) is 0. The summed E-state index contributed by atoms with van der Waals surface area (Å²) < 4.78 is 0. The van der Waals surface area contributed by atoms with Gasteiger partial charge in [-0.1, -0.05) is 80.5 Å². The molecule has 0 aliphatic heterocycles. The molecular formula is C20H32O. The molecule has 0 fully saturated rings. The van der Waals surface area contributed by atoms with E-state index in [9.17, 15) is 0 Å². The van der Waals surface area contributed by atoms with Crippen LogP contribution in [0.1, 0.15) is 58.3 Å². The zero-order valence-corrected chi connectivity index (χ0v) is 13.6. The minimum Gasteiger partial charge on any atom is -0.396 e. The van der Waals surface area contributed by atoms with Crippen LogP contribution in [0.4, 0.5) is 0 Å². The number of hydrogen-bond donors (Lipinski definition) is 1. The van der Waals surface area contributed by atoms with Gasteiger partial charge in [-0.3, -0.25) is 0 Å². The standard InChI is InChI=1S/C20H32O/c1-2-3-4-5-6-7-8-9-10-11-12-13-14-15-16-17-18-19-20-21/h3-4,11-18,21H,2,5-10,19-20H2,1H3/b4-3+,12-11+,14-13+,16-15+,18-17+. The van der Waals surface area contributed by atoms with E-state index in [0.717, 1.165) is 12.8 Å². The Hall–Kier alpha value is -1.34. The van der Waals surface area contributed by atoms with Crippen LogP contribution in [0.15, 0.2) is 60.8 Å². The van der Waals surface area contributed by atoms with Crippen LogP contribution < -0.4 is 0 Å². The second-order valence-electron chi connectivity index (χ2n) is 5.01. The fraction of sp³-hybridized carbons (Fsp3) is 0.500. The SMILES string of the molecule is CC/C=C/CCCCCC/C=C/C=C/C=C/C=C/CCO. The van der Waals surface area contributed by atoms with Crippen molar-refractivity contribution in [2.75, 3.05) is 6.61 Å². The number of allylic oxidation sites excluding steroid dienone is 9. The van der Waals surface area contributed by atoms with Crippen molar-refractivity contribution in [3.63, 3.8) is 0 Å². The third kappa shape index (κ3) is 18.7. The quantitative estimate of drug-likeness (QED) is 0.254. The van der Waals surface area contributed by atoms with Gasteiger partial charge in [-0.25, -0.2) is 0 Å². The van der Waals surface area contributed by atoms with Gasteiger partial charge in [0.25, 0.3) is 0 Å². The molecule has 0 aromatic rings. The zero-order valence-electron chi connectivity index (χ0n) is 13.6. The largest absolute Gasteiger partial charge is 0.396 e. The van der Waals surface area contributed by atoms with E-state index in [-0.39, 0.29) is 6.61 Å². The lowest BCUT2D eigenvalue weighted by Gasteiger charge is -1.96. The summed E-state index contributed by atoms with van der Waals surface area (Å²) in [5.74, 6) is 0. The van der Waals surface area contributed by atoms with Gasteiger partial charge in [-0.2, -0.15) is 0 Å². The lowest BCUT2D eigenvalue weighted by molar-refractivity contribution is 0.302. The maximum Gasteiger partial charge on any atom is 0.0465 e. The van der Waals surface area contributed by atoms with E-state index in [1.54, 1.807) is 0 Å². The fourth-order valence-corrected chi connectivity index (χ4v) is 1.84. The van der Waals surface area contributed by atoms with Crippen molar-refractivity contribution in [2.24, 2.45) is 0 Å². The van der Waals surface area contributed by atoms with Gasteiger partial charge in [-0.15, -0.1) is 0 Å². The Labute approximate surface area is 131 Å². The second-order valence-corrected chi connectivity index (χ2v) is 5.01. The predicted octanol–water partition coefficient (Wildman–Crippen LogP) is 5.90. The van der Waals surface area contributed by atoms with E-state index in [1.807, 2.05) is 30.4 Å². The third-order valence-electron chi connectivity index (χ3n) is 3.02. The number of rotatable bonds is 13. The molecule has 0 unspecified atom stereocenters. The molecule has 0 heterocycles. The molecule has 0 aliphatic rings.